The fourth-order valence-corrected chi connectivity index (χ4v) is 5.10. The average Bonchev–Trinajstić information content (AvgIpc) is 2.69. The molecule has 2 amide bonds. The molecule has 0 bridgehead atoms. The van der Waals surface area contributed by atoms with E-state index >= 15 is 0 Å². The van der Waals surface area contributed by atoms with Crippen LogP contribution in [0, 0.1) is 19.8 Å². The van der Waals surface area contributed by atoms with Crippen LogP contribution < -0.4 is 11.1 Å². The highest BCUT2D eigenvalue weighted by Gasteiger charge is 2.29. The van der Waals surface area contributed by atoms with Crippen LogP contribution in [-0.4, -0.2) is 37.6 Å². The van der Waals surface area contributed by atoms with Gasteiger partial charge in [0.15, 0.2) is 0 Å². The number of nitrogens with two attached hydrogens (primary N) is 1. The van der Waals surface area contributed by atoms with Crippen molar-refractivity contribution >= 4 is 27.5 Å². The minimum absolute atomic E-state index is 0.107. The maximum absolute atomic E-state index is 13.1. The van der Waals surface area contributed by atoms with Gasteiger partial charge in [-0.15, -0.1) is 0 Å². The van der Waals surface area contributed by atoms with Crippen molar-refractivity contribution in [1.82, 2.24) is 4.31 Å². The van der Waals surface area contributed by atoms with E-state index in [2.05, 4.69) is 12.2 Å². The summed E-state index contributed by atoms with van der Waals surface area (Å²) in [5, 5.41) is 2.77. The predicted molar refractivity (Wildman–Crippen MR) is 116 cm³/mol. The number of hydrogen-bond donors (Lipinski definition) is 2. The number of piperidine rings is 1. The first-order valence-corrected chi connectivity index (χ1v) is 11.4. The van der Waals surface area contributed by atoms with Crippen molar-refractivity contribution in [2.24, 2.45) is 11.7 Å². The molecule has 0 atom stereocenters. The van der Waals surface area contributed by atoms with Gasteiger partial charge in [0.1, 0.15) is 0 Å². The van der Waals surface area contributed by atoms with Gasteiger partial charge in [-0.05, 0) is 68.0 Å². The molecule has 0 radical (unpaired) electrons. The first-order chi connectivity index (χ1) is 14.1. The van der Waals surface area contributed by atoms with Crippen molar-refractivity contribution in [2.75, 3.05) is 18.4 Å². The molecular formula is C22H27N3O4S. The van der Waals surface area contributed by atoms with Crippen molar-refractivity contribution in [2.45, 2.75) is 38.5 Å². The number of rotatable bonds is 5. The summed E-state index contributed by atoms with van der Waals surface area (Å²) in [6.45, 7) is 6.53. The Morgan fingerprint density at radius 2 is 1.73 bits per heavy atom. The van der Waals surface area contributed by atoms with Crippen LogP contribution in [0.15, 0.2) is 41.3 Å². The molecule has 2 aromatic rings. The van der Waals surface area contributed by atoms with Crippen LogP contribution in [0.2, 0.25) is 0 Å². The maximum Gasteiger partial charge on any atom is 0.255 e. The lowest BCUT2D eigenvalue weighted by Gasteiger charge is -2.29. The molecule has 0 unspecified atom stereocenters. The molecule has 1 aliphatic heterocycles. The number of benzene rings is 2. The molecule has 1 fully saturated rings. The molecule has 3 rings (SSSR count). The van der Waals surface area contributed by atoms with Crippen molar-refractivity contribution in [3.8, 4) is 0 Å². The van der Waals surface area contributed by atoms with Crippen LogP contribution in [0.1, 0.15) is 51.6 Å². The molecule has 30 heavy (non-hydrogen) atoms. The Morgan fingerprint density at radius 3 is 2.37 bits per heavy atom. The Morgan fingerprint density at radius 1 is 1.07 bits per heavy atom. The summed E-state index contributed by atoms with van der Waals surface area (Å²) in [6, 6.07) is 9.49. The summed E-state index contributed by atoms with van der Waals surface area (Å²) in [4.78, 5) is 24.6. The van der Waals surface area contributed by atoms with Gasteiger partial charge in [-0.25, -0.2) is 8.42 Å². The number of hydrogen-bond acceptors (Lipinski definition) is 4. The smallest absolute Gasteiger partial charge is 0.255 e. The largest absolute Gasteiger partial charge is 0.366 e. The topological polar surface area (TPSA) is 110 Å². The van der Waals surface area contributed by atoms with Crippen LogP contribution in [0.3, 0.4) is 0 Å². The Balaban J connectivity index is 1.89. The number of sulfonamides is 1. The van der Waals surface area contributed by atoms with Crippen LogP contribution in [0.25, 0.3) is 0 Å². The Bertz CT molecular complexity index is 1090. The molecule has 160 valence electrons. The zero-order valence-corrected chi connectivity index (χ0v) is 18.3. The third-order valence-corrected chi connectivity index (χ3v) is 7.58. The number of aryl methyl sites for hydroxylation is 1. The van der Waals surface area contributed by atoms with Gasteiger partial charge >= 0.3 is 0 Å². The molecule has 2 aromatic carbocycles. The Hall–Kier alpha value is -2.71. The highest BCUT2D eigenvalue weighted by atomic mass is 32.2. The number of carbonyl (C=O) groups is 2. The first-order valence-electron chi connectivity index (χ1n) is 9.93. The number of primary amides is 1. The minimum Gasteiger partial charge on any atom is -0.366 e. The lowest BCUT2D eigenvalue weighted by molar-refractivity contribution is 0.0995. The van der Waals surface area contributed by atoms with E-state index in [0.29, 0.717) is 41.4 Å². The third-order valence-electron chi connectivity index (χ3n) is 5.68. The summed E-state index contributed by atoms with van der Waals surface area (Å²) < 4.78 is 27.6. The number of nitrogens with one attached hydrogen (secondary N) is 1. The van der Waals surface area contributed by atoms with Gasteiger partial charge in [0.2, 0.25) is 15.9 Å². The second-order valence-corrected chi connectivity index (χ2v) is 9.80. The maximum atomic E-state index is 13.1. The Kier molecular flexibility index (Phi) is 6.28. The number of anilines is 1. The summed E-state index contributed by atoms with van der Waals surface area (Å²) in [7, 11) is -3.67. The molecule has 1 aliphatic rings. The zero-order chi connectivity index (χ0) is 22.1. The van der Waals surface area contributed by atoms with Crippen molar-refractivity contribution in [3.05, 3.63) is 58.7 Å². The van der Waals surface area contributed by atoms with Crippen LogP contribution >= 0.6 is 0 Å². The highest BCUT2D eigenvalue weighted by molar-refractivity contribution is 7.89. The minimum atomic E-state index is -3.67. The van der Waals surface area contributed by atoms with Crippen molar-refractivity contribution < 1.29 is 18.0 Å². The molecule has 1 saturated heterocycles. The number of carbonyl (C=O) groups excluding carboxylic acids is 2. The molecular weight excluding hydrogens is 402 g/mol. The van der Waals surface area contributed by atoms with E-state index in [4.69, 9.17) is 5.73 Å². The summed E-state index contributed by atoms with van der Waals surface area (Å²) in [6.07, 6.45) is 1.65. The third kappa shape index (κ3) is 4.39. The van der Waals surface area contributed by atoms with Crippen LogP contribution in [-0.2, 0) is 10.0 Å². The monoisotopic (exact) mass is 429 g/mol. The van der Waals surface area contributed by atoms with E-state index in [-0.39, 0.29) is 10.5 Å². The van der Waals surface area contributed by atoms with Gasteiger partial charge < -0.3 is 11.1 Å². The van der Waals surface area contributed by atoms with Gasteiger partial charge in [-0.1, -0.05) is 19.1 Å². The molecule has 0 aliphatic carbocycles. The molecule has 0 spiro atoms. The molecule has 1 heterocycles. The van der Waals surface area contributed by atoms with Gasteiger partial charge in [-0.2, -0.15) is 4.31 Å². The fraction of sp³-hybridized carbons (Fsp3) is 0.364. The van der Waals surface area contributed by atoms with Crippen LogP contribution in [0.4, 0.5) is 5.69 Å². The van der Waals surface area contributed by atoms with Gasteiger partial charge in [-0.3, -0.25) is 9.59 Å². The summed E-state index contributed by atoms with van der Waals surface area (Å²) >= 11 is 0. The van der Waals surface area contributed by atoms with Gasteiger partial charge in [0, 0.05) is 29.9 Å². The van der Waals surface area contributed by atoms with E-state index in [0.717, 1.165) is 12.8 Å². The first kappa shape index (κ1) is 22.0. The number of amides is 2. The standard InChI is InChI=1S/C22H27N3O4S/c1-14-9-11-25(12-10-14)30(28,29)17-8-7-15(2)19(13-17)22(27)24-20-6-4-5-18(16(20)3)21(23)26/h4-8,13-14H,9-12H2,1-3H3,(H2,23,26)(H,24,27). The lowest BCUT2D eigenvalue weighted by Crippen LogP contribution is -2.38. The van der Waals surface area contributed by atoms with E-state index in [1.165, 1.54) is 10.4 Å². The van der Waals surface area contributed by atoms with E-state index in [1.807, 2.05) is 0 Å². The highest BCUT2D eigenvalue weighted by Crippen LogP contribution is 2.26. The van der Waals surface area contributed by atoms with E-state index in [1.54, 1.807) is 44.2 Å². The SMILES string of the molecule is Cc1ccc(S(=O)(=O)N2CCC(C)CC2)cc1C(=O)Nc1cccc(C(N)=O)c1C. The van der Waals surface area contributed by atoms with Gasteiger partial charge in [0.25, 0.3) is 5.91 Å². The Labute approximate surface area is 177 Å². The molecule has 3 N–H and O–H groups in total. The molecule has 8 heteroatoms. The second kappa shape index (κ2) is 8.57. The fourth-order valence-electron chi connectivity index (χ4n) is 3.61. The summed E-state index contributed by atoms with van der Waals surface area (Å²) in [5.41, 5.74) is 7.63. The summed E-state index contributed by atoms with van der Waals surface area (Å²) in [5.74, 6) is -0.513. The molecule has 0 saturated carbocycles. The second-order valence-electron chi connectivity index (χ2n) is 7.86. The predicted octanol–water partition coefficient (Wildman–Crippen LogP) is 3.08. The zero-order valence-electron chi connectivity index (χ0n) is 17.4. The lowest BCUT2D eigenvalue weighted by atomic mass is 10.0. The molecule has 0 aromatic heterocycles. The van der Waals surface area contributed by atoms with E-state index in [9.17, 15) is 18.0 Å². The van der Waals surface area contributed by atoms with E-state index < -0.39 is 21.8 Å². The van der Waals surface area contributed by atoms with Crippen molar-refractivity contribution in [3.63, 3.8) is 0 Å². The number of nitrogens with zero attached hydrogens (tertiary/aromatic N) is 1. The quantitative estimate of drug-likeness (QED) is 0.761. The van der Waals surface area contributed by atoms with Crippen molar-refractivity contribution in [1.29, 1.82) is 0 Å². The molecule has 7 nitrogen and oxygen atoms in total. The van der Waals surface area contributed by atoms with Gasteiger partial charge in [0.05, 0.1) is 4.90 Å². The average molecular weight is 430 g/mol. The van der Waals surface area contributed by atoms with Crippen LogP contribution in [0.5, 0.6) is 0 Å². The normalized spacial score (nSPS) is 15.7.